The number of carbonyl (C=O) groups excluding carboxylic acids is 1. The van der Waals surface area contributed by atoms with E-state index in [1.807, 2.05) is 38.3 Å². The highest BCUT2D eigenvalue weighted by atomic mass is 32.2. The molecule has 0 spiro atoms. The summed E-state index contributed by atoms with van der Waals surface area (Å²) in [5.41, 5.74) is 1.77. The number of sulfonamides is 1. The number of nitrogens with zero attached hydrogens (tertiary/aromatic N) is 2. The van der Waals surface area contributed by atoms with Crippen molar-refractivity contribution in [2.45, 2.75) is 30.2 Å². The van der Waals surface area contributed by atoms with Crippen LogP contribution in [-0.2, 0) is 21.4 Å². The molecule has 162 valence electrons. The minimum atomic E-state index is -3.62. The number of carbonyl (C=O) groups is 1. The second-order valence-electron chi connectivity index (χ2n) is 7.67. The quantitative estimate of drug-likeness (QED) is 0.658. The Balaban J connectivity index is 1.71. The molecule has 30 heavy (non-hydrogen) atoms. The van der Waals surface area contributed by atoms with Crippen LogP contribution in [0, 0.1) is 5.92 Å². The van der Waals surface area contributed by atoms with E-state index in [0.717, 1.165) is 11.4 Å². The highest BCUT2D eigenvalue weighted by Crippen LogP contribution is 2.30. The van der Waals surface area contributed by atoms with Gasteiger partial charge in [0.15, 0.2) is 0 Å². The molecule has 0 saturated carbocycles. The number of rotatable bonds is 7. The van der Waals surface area contributed by atoms with Crippen LogP contribution < -0.4 is 5.32 Å². The summed E-state index contributed by atoms with van der Waals surface area (Å²) in [6.45, 7) is 6.72. The van der Waals surface area contributed by atoms with E-state index in [2.05, 4.69) is 22.3 Å². The van der Waals surface area contributed by atoms with Gasteiger partial charge in [-0.1, -0.05) is 44.2 Å². The minimum Gasteiger partial charge on any atom is -0.325 e. The van der Waals surface area contributed by atoms with E-state index < -0.39 is 10.0 Å². The number of thioether (sulfide) groups is 1. The molecule has 1 aliphatic heterocycles. The zero-order chi connectivity index (χ0) is 21.7. The van der Waals surface area contributed by atoms with Gasteiger partial charge in [-0.25, -0.2) is 8.42 Å². The van der Waals surface area contributed by atoms with Crippen molar-refractivity contribution in [3.8, 4) is 0 Å². The van der Waals surface area contributed by atoms with Crippen molar-refractivity contribution in [2.24, 2.45) is 5.92 Å². The molecule has 2 aromatic carbocycles. The van der Waals surface area contributed by atoms with Gasteiger partial charge in [0.2, 0.25) is 15.9 Å². The van der Waals surface area contributed by atoms with Gasteiger partial charge in [-0.05, 0) is 30.0 Å². The van der Waals surface area contributed by atoms with Gasteiger partial charge in [0.1, 0.15) is 0 Å². The lowest BCUT2D eigenvalue weighted by Gasteiger charge is -2.34. The van der Waals surface area contributed by atoms with Gasteiger partial charge >= 0.3 is 0 Å². The lowest BCUT2D eigenvalue weighted by Crippen LogP contribution is -2.48. The maximum atomic E-state index is 13.2. The van der Waals surface area contributed by atoms with Crippen LogP contribution >= 0.6 is 11.8 Å². The van der Waals surface area contributed by atoms with Crippen LogP contribution in [0.25, 0.3) is 0 Å². The molecule has 6 nitrogen and oxygen atoms in total. The van der Waals surface area contributed by atoms with Crippen LogP contribution in [-0.4, -0.2) is 56.0 Å². The zero-order valence-corrected chi connectivity index (χ0v) is 19.3. The average Bonchev–Trinajstić information content (AvgIpc) is 2.74. The highest BCUT2D eigenvalue weighted by molar-refractivity contribution is 7.98. The molecule has 0 aromatic heterocycles. The Labute approximate surface area is 183 Å². The van der Waals surface area contributed by atoms with Crippen molar-refractivity contribution in [1.82, 2.24) is 9.21 Å². The Morgan fingerprint density at radius 3 is 2.33 bits per heavy atom. The number of amides is 1. The Kier molecular flexibility index (Phi) is 7.57. The topological polar surface area (TPSA) is 69.7 Å². The average molecular weight is 448 g/mol. The normalized spacial score (nSPS) is 16.0. The lowest BCUT2D eigenvalue weighted by molar-refractivity contribution is -0.118. The van der Waals surface area contributed by atoms with E-state index in [4.69, 9.17) is 0 Å². The van der Waals surface area contributed by atoms with Gasteiger partial charge in [-0.2, -0.15) is 4.31 Å². The summed E-state index contributed by atoms with van der Waals surface area (Å²) in [6, 6.07) is 15.2. The predicted octanol–water partition coefficient (Wildman–Crippen LogP) is 3.51. The van der Waals surface area contributed by atoms with Crippen LogP contribution in [0.1, 0.15) is 19.4 Å². The van der Waals surface area contributed by atoms with E-state index in [-0.39, 0.29) is 16.7 Å². The van der Waals surface area contributed by atoms with Crippen molar-refractivity contribution < 1.29 is 13.2 Å². The Morgan fingerprint density at radius 1 is 1.07 bits per heavy atom. The number of piperazine rings is 1. The molecule has 0 aliphatic carbocycles. The van der Waals surface area contributed by atoms with E-state index in [1.165, 1.54) is 21.6 Å². The molecule has 1 saturated heterocycles. The fourth-order valence-electron chi connectivity index (χ4n) is 3.34. The van der Waals surface area contributed by atoms with Gasteiger partial charge in [0.05, 0.1) is 10.6 Å². The first-order valence-electron chi connectivity index (χ1n) is 10.1. The van der Waals surface area contributed by atoms with E-state index in [9.17, 15) is 13.2 Å². The van der Waals surface area contributed by atoms with Crippen molar-refractivity contribution in [2.75, 3.05) is 37.8 Å². The first kappa shape index (κ1) is 22.8. The number of hydrogen-bond donors (Lipinski definition) is 1. The fraction of sp³-hybridized carbons (Fsp3) is 0.409. The molecule has 0 radical (unpaired) electrons. The largest absolute Gasteiger partial charge is 0.325 e. The molecule has 0 atom stereocenters. The molecule has 3 rings (SSSR count). The highest BCUT2D eigenvalue weighted by Gasteiger charge is 2.29. The lowest BCUT2D eigenvalue weighted by atomic mass is 10.2. The summed E-state index contributed by atoms with van der Waals surface area (Å²) >= 11 is 1.48. The molecule has 8 heteroatoms. The van der Waals surface area contributed by atoms with Gasteiger partial charge in [0.25, 0.3) is 0 Å². The van der Waals surface area contributed by atoms with Crippen LogP contribution in [0.4, 0.5) is 5.69 Å². The fourth-order valence-corrected chi connectivity index (χ4v) is 5.32. The second kappa shape index (κ2) is 9.96. The summed E-state index contributed by atoms with van der Waals surface area (Å²) in [7, 11) is -3.62. The molecule has 1 amide bonds. The number of benzene rings is 2. The number of hydrogen-bond acceptors (Lipinski definition) is 5. The molecule has 1 heterocycles. The van der Waals surface area contributed by atoms with Crippen LogP contribution in [0.15, 0.2) is 58.3 Å². The summed E-state index contributed by atoms with van der Waals surface area (Å²) in [6.07, 6.45) is 1.90. The Bertz CT molecular complexity index is 970. The third-order valence-corrected chi connectivity index (χ3v) is 7.86. The molecule has 1 aliphatic rings. The SMILES string of the molecule is CSc1ccc(S(=O)(=O)N2CCN(Cc3ccccc3)CC2)cc1NC(=O)C(C)C. The van der Waals surface area contributed by atoms with E-state index in [1.54, 1.807) is 18.2 Å². The predicted molar refractivity (Wildman–Crippen MR) is 122 cm³/mol. The number of nitrogens with one attached hydrogen (secondary N) is 1. The maximum Gasteiger partial charge on any atom is 0.243 e. The Morgan fingerprint density at radius 2 is 1.73 bits per heavy atom. The van der Waals surface area contributed by atoms with Crippen molar-refractivity contribution >= 4 is 33.4 Å². The summed E-state index contributed by atoms with van der Waals surface area (Å²) in [4.78, 5) is 15.5. The molecule has 2 aromatic rings. The van der Waals surface area contributed by atoms with Crippen molar-refractivity contribution in [1.29, 1.82) is 0 Å². The minimum absolute atomic E-state index is 0.130. The first-order chi connectivity index (χ1) is 14.3. The van der Waals surface area contributed by atoms with Gasteiger partial charge in [0, 0.05) is 43.5 Å². The molecule has 0 unspecified atom stereocenters. The van der Waals surface area contributed by atoms with Gasteiger partial charge in [-0.15, -0.1) is 11.8 Å². The maximum absolute atomic E-state index is 13.2. The summed E-state index contributed by atoms with van der Waals surface area (Å²) in [5, 5.41) is 2.86. The molecular formula is C22H29N3O3S2. The van der Waals surface area contributed by atoms with Gasteiger partial charge < -0.3 is 5.32 Å². The standard InChI is InChI=1S/C22H29N3O3S2/c1-17(2)22(26)23-20-15-19(9-10-21(20)29-3)30(27,28)25-13-11-24(12-14-25)16-18-7-5-4-6-8-18/h4-10,15,17H,11-14,16H2,1-3H3,(H,23,26). The van der Waals surface area contributed by atoms with E-state index in [0.29, 0.717) is 31.9 Å². The first-order valence-corrected chi connectivity index (χ1v) is 12.7. The zero-order valence-electron chi connectivity index (χ0n) is 17.7. The number of anilines is 1. The van der Waals surface area contributed by atoms with Crippen LogP contribution in [0.3, 0.4) is 0 Å². The van der Waals surface area contributed by atoms with E-state index >= 15 is 0 Å². The third-order valence-electron chi connectivity index (χ3n) is 5.17. The summed E-state index contributed by atoms with van der Waals surface area (Å²) < 4.78 is 28.0. The molecule has 1 N–H and O–H groups in total. The smallest absolute Gasteiger partial charge is 0.243 e. The molecular weight excluding hydrogens is 418 g/mol. The molecule has 1 fully saturated rings. The van der Waals surface area contributed by atoms with Crippen molar-refractivity contribution in [3.05, 3.63) is 54.1 Å². The van der Waals surface area contributed by atoms with Crippen LogP contribution in [0.5, 0.6) is 0 Å². The second-order valence-corrected chi connectivity index (χ2v) is 10.5. The van der Waals surface area contributed by atoms with Crippen molar-refractivity contribution in [3.63, 3.8) is 0 Å². The monoisotopic (exact) mass is 447 g/mol. The molecule has 0 bridgehead atoms. The third kappa shape index (κ3) is 5.43. The van der Waals surface area contributed by atoms with Gasteiger partial charge in [-0.3, -0.25) is 9.69 Å². The summed E-state index contributed by atoms with van der Waals surface area (Å²) in [5.74, 6) is -0.313. The Hall–Kier alpha value is -1.87. The van der Waals surface area contributed by atoms with Crippen LogP contribution in [0.2, 0.25) is 0 Å².